The van der Waals surface area contributed by atoms with Crippen LogP contribution in [0.4, 0.5) is 0 Å². The highest BCUT2D eigenvalue weighted by Gasteiger charge is 2.14. The summed E-state index contributed by atoms with van der Waals surface area (Å²) in [5, 5.41) is 0. The van der Waals surface area contributed by atoms with Gasteiger partial charge in [0.05, 0.1) is 0 Å². The molecule has 0 fully saturated rings. The fourth-order valence-corrected chi connectivity index (χ4v) is 5.21. The summed E-state index contributed by atoms with van der Waals surface area (Å²) < 4.78 is 0. The lowest BCUT2D eigenvalue weighted by Gasteiger charge is -2.23. The van der Waals surface area contributed by atoms with Crippen molar-refractivity contribution in [1.29, 1.82) is 0 Å². The number of hydrogen-bond acceptors (Lipinski definition) is 0. The Bertz CT molecular complexity index is 294. The van der Waals surface area contributed by atoms with Crippen molar-refractivity contribution in [2.45, 2.75) is 145 Å². The zero-order chi connectivity index (χ0) is 20.5. The standard InChI is InChI=1S/C27H56/c1-8-10-11-13-17-23(3)18-14-12-15-19-25(5)21-27(7)22-26(6)20-24(4)16-9-2/h23-27H,8-22H2,1-7H3/t23-,24+,25+,26-,27-/m1/s1. The van der Waals surface area contributed by atoms with Crippen LogP contribution in [0.1, 0.15) is 145 Å². The molecule has 0 aromatic heterocycles. The molecule has 0 N–H and O–H groups in total. The third kappa shape index (κ3) is 17.8. The van der Waals surface area contributed by atoms with Gasteiger partial charge in [-0.15, -0.1) is 0 Å². The molecule has 27 heavy (non-hydrogen) atoms. The van der Waals surface area contributed by atoms with E-state index >= 15 is 0 Å². The van der Waals surface area contributed by atoms with Gasteiger partial charge in [0, 0.05) is 0 Å². The van der Waals surface area contributed by atoms with E-state index in [0.29, 0.717) is 0 Å². The molecule has 0 heterocycles. The van der Waals surface area contributed by atoms with Crippen LogP contribution in [-0.2, 0) is 0 Å². The van der Waals surface area contributed by atoms with Crippen molar-refractivity contribution < 1.29 is 0 Å². The number of unbranched alkanes of at least 4 members (excludes halogenated alkanes) is 5. The van der Waals surface area contributed by atoms with Crippen LogP contribution in [0, 0.1) is 29.6 Å². The molecular weight excluding hydrogens is 324 g/mol. The lowest BCUT2D eigenvalue weighted by Crippen LogP contribution is -2.10. The Hall–Kier alpha value is 0. The summed E-state index contributed by atoms with van der Waals surface area (Å²) in [4.78, 5) is 0. The van der Waals surface area contributed by atoms with Crippen LogP contribution in [0.15, 0.2) is 0 Å². The van der Waals surface area contributed by atoms with Gasteiger partial charge in [0.15, 0.2) is 0 Å². The third-order valence-corrected chi connectivity index (χ3v) is 6.64. The van der Waals surface area contributed by atoms with Gasteiger partial charge in [-0.05, 0) is 48.9 Å². The molecule has 0 spiro atoms. The van der Waals surface area contributed by atoms with Gasteiger partial charge < -0.3 is 0 Å². The second-order valence-corrected chi connectivity index (χ2v) is 10.5. The highest BCUT2D eigenvalue weighted by atomic mass is 14.2. The Balaban J connectivity index is 3.65. The number of rotatable bonds is 19. The molecule has 0 nitrogen and oxygen atoms in total. The Morgan fingerprint density at radius 2 is 0.778 bits per heavy atom. The maximum Gasteiger partial charge on any atom is -0.0438 e. The molecule has 0 aliphatic rings. The minimum absolute atomic E-state index is 0.909. The van der Waals surface area contributed by atoms with Gasteiger partial charge in [0.25, 0.3) is 0 Å². The normalized spacial score (nSPS) is 17.4. The molecule has 0 aliphatic heterocycles. The van der Waals surface area contributed by atoms with E-state index in [2.05, 4.69) is 48.5 Å². The van der Waals surface area contributed by atoms with Crippen LogP contribution in [0.2, 0.25) is 0 Å². The van der Waals surface area contributed by atoms with E-state index in [0.717, 1.165) is 29.6 Å². The second kappa shape index (κ2) is 18.1. The van der Waals surface area contributed by atoms with Crippen LogP contribution in [0.25, 0.3) is 0 Å². The molecule has 0 saturated heterocycles. The molecule has 0 radical (unpaired) electrons. The highest BCUT2D eigenvalue weighted by Crippen LogP contribution is 2.27. The Labute approximate surface area is 174 Å². The first kappa shape index (κ1) is 27.0. The van der Waals surface area contributed by atoms with Crippen molar-refractivity contribution in [3.05, 3.63) is 0 Å². The van der Waals surface area contributed by atoms with Crippen LogP contribution in [0.5, 0.6) is 0 Å². The molecule has 0 saturated carbocycles. The van der Waals surface area contributed by atoms with Crippen molar-refractivity contribution in [3.8, 4) is 0 Å². The molecule has 5 atom stereocenters. The maximum atomic E-state index is 2.50. The lowest BCUT2D eigenvalue weighted by molar-refractivity contribution is 0.293. The second-order valence-electron chi connectivity index (χ2n) is 10.5. The van der Waals surface area contributed by atoms with Gasteiger partial charge in [-0.2, -0.15) is 0 Å². The molecule has 0 aliphatic carbocycles. The fraction of sp³-hybridized carbons (Fsp3) is 1.00. The Morgan fingerprint density at radius 3 is 1.26 bits per heavy atom. The zero-order valence-electron chi connectivity index (χ0n) is 20.5. The summed E-state index contributed by atoms with van der Waals surface area (Å²) in [6.07, 6.45) is 21.5. The van der Waals surface area contributed by atoms with Crippen LogP contribution < -0.4 is 0 Å². The van der Waals surface area contributed by atoms with Crippen LogP contribution in [-0.4, -0.2) is 0 Å². The van der Waals surface area contributed by atoms with E-state index in [4.69, 9.17) is 0 Å². The van der Waals surface area contributed by atoms with E-state index < -0.39 is 0 Å². The predicted octanol–water partition coefficient (Wildman–Crippen LogP) is 10.1. The molecule has 0 heteroatoms. The van der Waals surface area contributed by atoms with Gasteiger partial charge >= 0.3 is 0 Å². The first-order valence-electron chi connectivity index (χ1n) is 12.9. The Morgan fingerprint density at radius 1 is 0.370 bits per heavy atom. The molecule has 0 bridgehead atoms. The maximum absolute atomic E-state index is 2.50. The Kier molecular flexibility index (Phi) is 18.1. The largest absolute Gasteiger partial charge is 0.0654 e. The van der Waals surface area contributed by atoms with E-state index in [1.807, 2.05) is 0 Å². The first-order chi connectivity index (χ1) is 12.9. The van der Waals surface area contributed by atoms with Crippen molar-refractivity contribution in [3.63, 3.8) is 0 Å². The molecule has 0 rings (SSSR count). The SMILES string of the molecule is CCCCCC[C@@H](C)CCCCC[C@H](C)C[C@@H](C)C[C@H](C)C[C@@H](C)CCC. The lowest BCUT2D eigenvalue weighted by atomic mass is 9.83. The molecule has 0 unspecified atom stereocenters. The zero-order valence-corrected chi connectivity index (χ0v) is 20.5. The average molecular weight is 381 g/mol. The molecule has 0 aromatic carbocycles. The minimum Gasteiger partial charge on any atom is -0.0654 e. The summed E-state index contributed by atoms with van der Waals surface area (Å²) in [5.74, 6) is 4.62. The average Bonchev–Trinajstić information content (AvgIpc) is 2.58. The van der Waals surface area contributed by atoms with Gasteiger partial charge in [-0.25, -0.2) is 0 Å². The van der Waals surface area contributed by atoms with E-state index in [1.165, 1.54) is 96.3 Å². The van der Waals surface area contributed by atoms with Crippen molar-refractivity contribution in [1.82, 2.24) is 0 Å². The van der Waals surface area contributed by atoms with Crippen LogP contribution >= 0.6 is 0 Å². The highest BCUT2D eigenvalue weighted by molar-refractivity contribution is 4.66. The van der Waals surface area contributed by atoms with Crippen molar-refractivity contribution >= 4 is 0 Å². The van der Waals surface area contributed by atoms with Gasteiger partial charge in [-0.3, -0.25) is 0 Å². The van der Waals surface area contributed by atoms with E-state index in [1.54, 1.807) is 0 Å². The van der Waals surface area contributed by atoms with Crippen molar-refractivity contribution in [2.75, 3.05) is 0 Å². The van der Waals surface area contributed by atoms with Gasteiger partial charge in [0.1, 0.15) is 0 Å². The van der Waals surface area contributed by atoms with Crippen LogP contribution in [0.3, 0.4) is 0 Å². The monoisotopic (exact) mass is 380 g/mol. The quantitative estimate of drug-likeness (QED) is 0.195. The summed E-state index contributed by atoms with van der Waals surface area (Å²) in [5.41, 5.74) is 0. The summed E-state index contributed by atoms with van der Waals surface area (Å²) in [6.45, 7) is 17.0. The van der Waals surface area contributed by atoms with Crippen molar-refractivity contribution in [2.24, 2.45) is 29.6 Å². The summed E-state index contributed by atoms with van der Waals surface area (Å²) in [7, 11) is 0. The molecular formula is C27H56. The van der Waals surface area contributed by atoms with Gasteiger partial charge in [0.2, 0.25) is 0 Å². The fourth-order valence-electron chi connectivity index (χ4n) is 5.21. The molecule has 164 valence electrons. The first-order valence-corrected chi connectivity index (χ1v) is 12.9. The summed E-state index contributed by atoms with van der Waals surface area (Å²) >= 11 is 0. The minimum atomic E-state index is 0.909. The van der Waals surface area contributed by atoms with Gasteiger partial charge in [-0.1, -0.05) is 126 Å². The summed E-state index contributed by atoms with van der Waals surface area (Å²) in [6, 6.07) is 0. The third-order valence-electron chi connectivity index (χ3n) is 6.64. The molecule has 0 amide bonds. The predicted molar refractivity (Wildman–Crippen MR) is 126 cm³/mol. The van der Waals surface area contributed by atoms with E-state index in [-0.39, 0.29) is 0 Å². The molecule has 0 aromatic rings. The smallest absolute Gasteiger partial charge is 0.0438 e. The number of hydrogen-bond donors (Lipinski definition) is 0. The van der Waals surface area contributed by atoms with E-state index in [9.17, 15) is 0 Å². The topological polar surface area (TPSA) is 0 Å².